The number of hydrogen-bond acceptors (Lipinski definition) is 8. The molecule has 2 unspecified atom stereocenters. The van der Waals surface area contributed by atoms with Crippen molar-refractivity contribution in [2.24, 2.45) is 0 Å². The third kappa shape index (κ3) is 76.4. The lowest BCUT2D eigenvalue weighted by Gasteiger charge is -2.28. The number of allylic oxidation sites excluding steroid dienone is 28. The number of hydrogen-bond donors (Lipinski definition) is 0. The lowest BCUT2D eigenvalue weighted by atomic mass is 10.0. The van der Waals surface area contributed by atoms with E-state index in [0.29, 0.717) is 17.4 Å². The van der Waals surface area contributed by atoms with Crippen molar-refractivity contribution in [3.05, 3.63) is 170 Å². The first-order chi connectivity index (χ1) is 46.0. The fraction of sp³-hybridized carbons (Fsp3) is 0.643. The number of phosphoric acid groups is 1. The number of quaternary nitrogens is 1. The fourth-order valence-electron chi connectivity index (χ4n) is 10.0. The quantitative estimate of drug-likeness (QED) is 0.0195. The van der Waals surface area contributed by atoms with Gasteiger partial charge >= 0.3 is 11.9 Å². The van der Waals surface area contributed by atoms with Gasteiger partial charge in [-0.2, -0.15) is 0 Å². The molecule has 2 atom stereocenters. The molecule has 0 aliphatic carbocycles. The van der Waals surface area contributed by atoms with Gasteiger partial charge in [-0.3, -0.25) is 14.2 Å². The van der Waals surface area contributed by atoms with E-state index in [2.05, 4.69) is 184 Å². The molecule has 0 spiro atoms. The predicted octanol–water partition coefficient (Wildman–Crippen LogP) is 24.6. The first-order valence-electron chi connectivity index (χ1n) is 37.8. The van der Waals surface area contributed by atoms with Crippen LogP contribution in [0.5, 0.6) is 0 Å². The molecule has 9 nitrogen and oxygen atoms in total. The van der Waals surface area contributed by atoms with E-state index in [9.17, 15) is 19.0 Å². The van der Waals surface area contributed by atoms with Crippen molar-refractivity contribution in [3.8, 4) is 0 Å². The van der Waals surface area contributed by atoms with Gasteiger partial charge in [-0.05, 0) is 128 Å². The van der Waals surface area contributed by atoms with Crippen molar-refractivity contribution in [1.82, 2.24) is 0 Å². The Morgan fingerprint density at radius 2 is 0.574 bits per heavy atom. The van der Waals surface area contributed by atoms with Gasteiger partial charge in [0.15, 0.2) is 6.10 Å². The minimum atomic E-state index is -4.66. The molecule has 0 heterocycles. The highest BCUT2D eigenvalue weighted by Crippen LogP contribution is 2.38. The van der Waals surface area contributed by atoms with Gasteiger partial charge in [-0.1, -0.05) is 325 Å². The van der Waals surface area contributed by atoms with Crippen LogP contribution in [0.15, 0.2) is 170 Å². The highest BCUT2D eigenvalue weighted by molar-refractivity contribution is 7.45. The Labute approximate surface area is 578 Å². The summed E-state index contributed by atoms with van der Waals surface area (Å²) in [6.07, 6.45) is 110. The molecular weight excluding hydrogens is 1180 g/mol. The highest BCUT2D eigenvalue weighted by Gasteiger charge is 2.22. The molecule has 10 heteroatoms. The molecule has 0 aliphatic heterocycles. The number of nitrogens with zero attached hydrogens (tertiary/aromatic N) is 1. The zero-order valence-corrected chi connectivity index (χ0v) is 61.7. The summed E-state index contributed by atoms with van der Waals surface area (Å²) in [5.74, 6) is -0.840. The van der Waals surface area contributed by atoms with E-state index >= 15 is 0 Å². The first kappa shape index (κ1) is 89.4. The number of carbonyl (C=O) groups excluding carboxylic acids is 2. The van der Waals surface area contributed by atoms with Crippen molar-refractivity contribution in [2.75, 3.05) is 47.5 Å². The van der Waals surface area contributed by atoms with Gasteiger partial charge in [0, 0.05) is 12.8 Å². The Bertz CT molecular complexity index is 2200. The lowest BCUT2D eigenvalue weighted by molar-refractivity contribution is -0.870. The third-order valence-electron chi connectivity index (χ3n) is 15.7. The zero-order valence-electron chi connectivity index (χ0n) is 60.8. The number of likely N-dealkylation sites (N-methyl/N-ethyl adjacent to an activating group) is 1. The van der Waals surface area contributed by atoms with Crippen molar-refractivity contribution >= 4 is 19.8 Å². The number of unbranched alkanes of at least 4 members (excludes halogenated alkanes) is 26. The third-order valence-corrected chi connectivity index (χ3v) is 16.7. The molecule has 0 bridgehead atoms. The summed E-state index contributed by atoms with van der Waals surface area (Å²) in [5, 5.41) is 0. The number of phosphoric ester groups is 1. The summed E-state index contributed by atoms with van der Waals surface area (Å²) in [6, 6.07) is 0. The Kier molecular flexibility index (Phi) is 69.1. The molecule has 0 N–H and O–H groups in total. The van der Waals surface area contributed by atoms with Gasteiger partial charge in [0.2, 0.25) is 0 Å². The summed E-state index contributed by atoms with van der Waals surface area (Å²) >= 11 is 0. The van der Waals surface area contributed by atoms with Gasteiger partial charge in [-0.15, -0.1) is 0 Å². The second kappa shape index (κ2) is 72.6. The molecule has 94 heavy (non-hydrogen) atoms. The molecular formula is C84H140NO8P. The van der Waals surface area contributed by atoms with Crippen molar-refractivity contribution in [3.63, 3.8) is 0 Å². The van der Waals surface area contributed by atoms with Crippen LogP contribution < -0.4 is 4.89 Å². The van der Waals surface area contributed by atoms with Crippen molar-refractivity contribution < 1.29 is 42.1 Å². The SMILES string of the molecule is CC/C=C\C/C=C\C/C=C\C/C=C\C/C=C\C/C=C\C/C=C\C/C=C\CCCCCCCCCCCCC(=O)OC(COC(=O)CCCCCCCCCCCCCCCCCC/C=C\C/C=C\C/C=C\C/C=C\C/C=C\C/C=C\CC)COP(=O)([O-])OCC[N+](C)(C)C. The minimum Gasteiger partial charge on any atom is -0.756 e. The van der Waals surface area contributed by atoms with Crippen LogP contribution in [0.25, 0.3) is 0 Å². The number of ether oxygens (including phenoxy) is 2. The fourth-order valence-corrected chi connectivity index (χ4v) is 10.8. The summed E-state index contributed by atoms with van der Waals surface area (Å²) in [6.45, 7) is 4.01. The van der Waals surface area contributed by atoms with Crippen LogP contribution >= 0.6 is 7.82 Å². The van der Waals surface area contributed by atoms with Crippen LogP contribution in [-0.2, 0) is 32.7 Å². The minimum absolute atomic E-state index is 0.0386. The van der Waals surface area contributed by atoms with E-state index in [1.165, 1.54) is 128 Å². The Morgan fingerprint density at radius 1 is 0.330 bits per heavy atom. The summed E-state index contributed by atoms with van der Waals surface area (Å²) < 4.78 is 34.4. The van der Waals surface area contributed by atoms with Gasteiger partial charge < -0.3 is 27.9 Å². The molecule has 0 rings (SSSR count). The largest absolute Gasteiger partial charge is 0.756 e. The van der Waals surface area contributed by atoms with E-state index in [1.807, 2.05) is 21.1 Å². The maximum atomic E-state index is 12.9. The van der Waals surface area contributed by atoms with Gasteiger partial charge in [-0.25, -0.2) is 0 Å². The molecule has 0 aliphatic rings. The monoisotopic (exact) mass is 1320 g/mol. The number of carbonyl (C=O) groups is 2. The second-order valence-corrected chi connectivity index (χ2v) is 27.3. The van der Waals surface area contributed by atoms with Crippen LogP contribution in [0.4, 0.5) is 0 Å². The summed E-state index contributed by atoms with van der Waals surface area (Å²) in [5.41, 5.74) is 0. The topological polar surface area (TPSA) is 111 Å². The van der Waals surface area contributed by atoms with Crippen LogP contribution in [-0.4, -0.2) is 70.0 Å². The molecule has 0 saturated carbocycles. The summed E-state index contributed by atoms with van der Waals surface area (Å²) in [4.78, 5) is 38.2. The average molecular weight is 1320 g/mol. The van der Waals surface area contributed by atoms with E-state index in [4.69, 9.17) is 18.5 Å². The summed E-state index contributed by atoms with van der Waals surface area (Å²) in [7, 11) is 1.15. The normalized spacial score (nSPS) is 14.1. The van der Waals surface area contributed by atoms with E-state index in [-0.39, 0.29) is 32.0 Å². The molecule has 0 saturated heterocycles. The Balaban J connectivity index is 4.06. The van der Waals surface area contributed by atoms with Crippen LogP contribution in [0.3, 0.4) is 0 Å². The molecule has 0 aromatic rings. The average Bonchev–Trinajstić information content (AvgIpc) is 1.68. The zero-order chi connectivity index (χ0) is 68.3. The Morgan fingerprint density at radius 3 is 0.851 bits per heavy atom. The van der Waals surface area contributed by atoms with Gasteiger partial charge in [0.25, 0.3) is 7.82 Å². The van der Waals surface area contributed by atoms with E-state index < -0.39 is 26.5 Å². The van der Waals surface area contributed by atoms with Crippen molar-refractivity contribution in [1.29, 1.82) is 0 Å². The van der Waals surface area contributed by atoms with E-state index in [0.717, 1.165) is 135 Å². The van der Waals surface area contributed by atoms with Gasteiger partial charge in [0.1, 0.15) is 19.8 Å². The Hall–Kier alpha value is -4.63. The van der Waals surface area contributed by atoms with E-state index in [1.54, 1.807) is 0 Å². The van der Waals surface area contributed by atoms with Gasteiger partial charge in [0.05, 0.1) is 27.7 Å². The number of esters is 2. The van der Waals surface area contributed by atoms with Crippen molar-refractivity contribution in [2.45, 2.75) is 302 Å². The van der Waals surface area contributed by atoms with Crippen LogP contribution in [0, 0.1) is 0 Å². The maximum absolute atomic E-state index is 12.9. The van der Waals surface area contributed by atoms with Crippen LogP contribution in [0.2, 0.25) is 0 Å². The second-order valence-electron chi connectivity index (χ2n) is 25.9. The first-order valence-corrected chi connectivity index (χ1v) is 39.3. The lowest BCUT2D eigenvalue weighted by Crippen LogP contribution is -2.37. The molecule has 534 valence electrons. The predicted molar refractivity (Wildman–Crippen MR) is 406 cm³/mol. The number of rotatable bonds is 68. The highest BCUT2D eigenvalue weighted by atomic mass is 31.2. The maximum Gasteiger partial charge on any atom is 0.306 e. The molecule has 0 fully saturated rings. The smallest absolute Gasteiger partial charge is 0.306 e. The standard InChI is InChI=1S/C84H140NO8P/c1-6-8-10-12-14-16-18-20-22-24-26-28-30-32-34-36-38-40-42-44-46-48-50-52-54-56-58-60-62-64-66-68-70-72-74-76-83(86)90-80-82(81-92-94(88,89)91-79-78-85(3,4)5)93-84(87)77-75-73-71-69-67-65-63-61-59-57-55-53-51-49-47-45-43-41-39-37-35-33-31-29-27-25-23-21-19-17-15-13-11-9-7-2/h8-11,14-17,20-23,26-29,32-35,38-41,45,47,51,53,82H,6-7,12-13,18-19,24-25,30-31,36-37,42-44,46,48-50,52,54-81H2,1-5H3/b10-8-,11-9-,16-14-,17-15-,22-20-,23-21-,28-26-,29-27-,34-32-,35-33-,40-38-,41-39-,47-45-,53-51-. The molecule has 0 aromatic carbocycles. The molecule has 0 amide bonds. The molecule has 0 aromatic heterocycles. The molecule has 0 radical (unpaired) electrons. The van der Waals surface area contributed by atoms with Crippen LogP contribution in [0.1, 0.15) is 296 Å².